The summed E-state index contributed by atoms with van der Waals surface area (Å²) in [6.45, 7) is 5.51. The number of piperidine rings is 1. The molecule has 2 amide bonds. The molecule has 4 rings (SSSR count). The molecule has 170 valence electrons. The standard InChI is InChI=1S/C25H29F2N3O2/c1-3-17(2)22-24(32)30(16-18-4-8-20(26)9-5-18)25(28-22)12-14-29(15-13-25)23(31)19-6-10-21(27)11-7-19/h4-11,17,22,28H,3,12-16H2,1-2H3/t17-,22-/m0/s1. The minimum Gasteiger partial charge on any atom is -0.338 e. The second-order valence-corrected chi connectivity index (χ2v) is 8.89. The molecule has 0 saturated carbocycles. The van der Waals surface area contributed by atoms with E-state index in [1.807, 2.05) is 4.90 Å². The van der Waals surface area contributed by atoms with Crippen molar-refractivity contribution in [3.63, 3.8) is 0 Å². The van der Waals surface area contributed by atoms with Crippen LogP contribution in [-0.4, -0.2) is 46.4 Å². The van der Waals surface area contributed by atoms with Crippen molar-refractivity contribution in [3.8, 4) is 0 Å². The number of nitrogens with one attached hydrogen (secondary N) is 1. The Kier molecular flexibility index (Phi) is 6.29. The van der Waals surface area contributed by atoms with E-state index in [4.69, 9.17) is 0 Å². The topological polar surface area (TPSA) is 52.7 Å². The molecule has 0 aliphatic carbocycles. The highest BCUT2D eigenvalue weighted by atomic mass is 19.1. The molecule has 2 saturated heterocycles. The van der Waals surface area contributed by atoms with Crippen LogP contribution in [0, 0.1) is 17.6 Å². The maximum absolute atomic E-state index is 13.4. The van der Waals surface area contributed by atoms with Gasteiger partial charge in [0.2, 0.25) is 5.91 Å². The number of amides is 2. The fourth-order valence-electron chi connectivity index (χ4n) is 4.70. The van der Waals surface area contributed by atoms with E-state index in [1.165, 1.54) is 36.4 Å². The molecule has 2 aromatic carbocycles. The number of carbonyl (C=O) groups excluding carboxylic acids is 2. The lowest BCUT2D eigenvalue weighted by Crippen LogP contribution is -2.59. The van der Waals surface area contributed by atoms with Crippen molar-refractivity contribution in [1.29, 1.82) is 0 Å². The first-order valence-electron chi connectivity index (χ1n) is 11.2. The molecule has 1 N–H and O–H groups in total. The molecule has 2 heterocycles. The molecular weight excluding hydrogens is 412 g/mol. The summed E-state index contributed by atoms with van der Waals surface area (Å²) in [4.78, 5) is 29.9. The Morgan fingerprint density at radius 1 is 1.06 bits per heavy atom. The first-order valence-corrected chi connectivity index (χ1v) is 11.2. The van der Waals surface area contributed by atoms with Crippen LogP contribution in [0.5, 0.6) is 0 Å². The van der Waals surface area contributed by atoms with E-state index in [9.17, 15) is 18.4 Å². The van der Waals surface area contributed by atoms with Gasteiger partial charge in [-0.2, -0.15) is 0 Å². The van der Waals surface area contributed by atoms with Crippen molar-refractivity contribution in [2.75, 3.05) is 13.1 Å². The lowest BCUT2D eigenvalue weighted by molar-refractivity contribution is -0.134. The first kappa shape index (κ1) is 22.4. The average Bonchev–Trinajstić information content (AvgIpc) is 3.06. The molecule has 1 spiro atoms. The third-order valence-electron chi connectivity index (χ3n) is 6.91. The van der Waals surface area contributed by atoms with E-state index in [0.717, 1.165) is 12.0 Å². The molecular formula is C25H29F2N3O2. The summed E-state index contributed by atoms with van der Waals surface area (Å²) < 4.78 is 26.6. The van der Waals surface area contributed by atoms with Gasteiger partial charge >= 0.3 is 0 Å². The number of rotatable bonds is 5. The molecule has 0 bridgehead atoms. The number of nitrogens with zero attached hydrogens (tertiary/aromatic N) is 2. The van der Waals surface area contributed by atoms with Gasteiger partial charge in [0.25, 0.3) is 5.91 Å². The molecule has 2 fully saturated rings. The van der Waals surface area contributed by atoms with Gasteiger partial charge in [0.1, 0.15) is 11.6 Å². The van der Waals surface area contributed by atoms with Crippen LogP contribution in [0.4, 0.5) is 8.78 Å². The predicted molar refractivity (Wildman–Crippen MR) is 118 cm³/mol. The van der Waals surface area contributed by atoms with Crippen LogP contribution >= 0.6 is 0 Å². The summed E-state index contributed by atoms with van der Waals surface area (Å²) in [5.74, 6) is -0.578. The van der Waals surface area contributed by atoms with Crippen LogP contribution < -0.4 is 5.32 Å². The number of carbonyl (C=O) groups is 2. The second-order valence-electron chi connectivity index (χ2n) is 8.89. The molecule has 2 aromatic rings. The molecule has 5 nitrogen and oxygen atoms in total. The van der Waals surface area contributed by atoms with Crippen LogP contribution in [0.25, 0.3) is 0 Å². The van der Waals surface area contributed by atoms with Gasteiger partial charge in [-0.25, -0.2) is 8.78 Å². The maximum Gasteiger partial charge on any atom is 0.253 e. The molecule has 7 heteroatoms. The zero-order valence-corrected chi connectivity index (χ0v) is 18.5. The van der Waals surface area contributed by atoms with Gasteiger partial charge in [-0.1, -0.05) is 32.4 Å². The third kappa shape index (κ3) is 4.26. The highest BCUT2D eigenvalue weighted by Gasteiger charge is 2.52. The van der Waals surface area contributed by atoms with Crippen LogP contribution in [0.2, 0.25) is 0 Å². The van der Waals surface area contributed by atoms with Crippen LogP contribution in [0.15, 0.2) is 48.5 Å². The highest BCUT2D eigenvalue weighted by molar-refractivity contribution is 5.94. The zero-order valence-electron chi connectivity index (χ0n) is 18.5. The number of hydrogen-bond acceptors (Lipinski definition) is 3. The summed E-state index contributed by atoms with van der Waals surface area (Å²) in [7, 11) is 0. The molecule has 2 aliphatic heterocycles. The number of likely N-dealkylation sites (tertiary alicyclic amines) is 1. The lowest BCUT2D eigenvalue weighted by atomic mass is 9.94. The summed E-state index contributed by atoms with van der Waals surface area (Å²) in [5, 5.41) is 3.61. The van der Waals surface area contributed by atoms with Crippen LogP contribution in [-0.2, 0) is 11.3 Å². The maximum atomic E-state index is 13.4. The van der Waals surface area contributed by atoms with Crippen molar-refractivity contribution < 1.29 is 18.4 Å². The number of benzene rings is 2. The van der Waals surface area contributed by atoms with Gasteiger partial charge in [-0.15, -0.1) is 0 Å². The predicted octanol–water partition coefficient (Wildman–Crippen LogP) is 3.94. The molecule has 0 unspecified atom stereocenters. The highest BCUT2D eigenvalue weighted by Crippen LogP contribution is 2.36. The van der Waals surface area contributed by atoms with Crippen molar-refractivity contribution in [2.24, 2.45) is 5.92 Å². The Labute approximate surface area is 187 Å². The molecule has 2 aliphatic rings. The Hall–Kier alpha value is -2.80. The van der Waals surface area contributed by atoms with Gasteiger partial charge < -0.3 is 9.80 Å². The molecule has 0 aromatic heterocycles. The largest absolute Gasteiger partial charge is 0.338 e. The van der Waals surface area contributed by atoms with Crippen LogP contribution in [0.1, 0.15) is 49.0 Å². The van der Waals surface area contributed by atoms with Crippen molar-refractivity contribution in [1.82, 2.24) is 15.1 Å². The lowest BCUT2D eigenvalue weighted by Gasteiger charge is -2.45. The Bertz CT molecular complexity index is 970. The van der Waals surface area contributed by atoms with Crippen LogP contribution in [0.3, 0.4) is 0 Å². The minimum atomic E-state index is -0.543. The number of hydrogen-bond donors (Lipinski definition) is 1. The van der Waals surface area contributed by atoms with E-state index >= 15 is 0 Å². The quantitative estimate of drug-likeness (QED) is 0.765. The van der Waals surface area contributed by atoms with Gasteiger partial charge in [-0.3, -0.25) is 14.9 Å². The van der Waals surface area contributed by atoms with Crippen molar-refractivity contribution in [3.05, 3.63) is 71.3 Å². The summed E-state index contributed by atoms with van der Waals surface area (Å²) in [6, 6.07) is 11.5. The third-order valence-corrected chi connectivity index (χ3v) is 6.91. The second kappa shape index (κ2) is 8.98. The SMILES string of the molecule is CC[C@H](C)[C@@H]1NC2(CCN(C(=O)c3ccc(F)cc3)CC2)N(Cc2ccc(F)cc2)C1=O. The Balaban J connectivity index is 1.53. The Morgan fingerprint density at radius 3 is 2.19 bits per heavy atom. The van der Waals surface area contributed by atoms with Crippen molar-refractivity contribution >= 4 is 11.8 Å². The van der Waals surface area contributed by atoms with Crippen molar-refractivity contribution in [2.45, 2.75) is 51.4 Å². The minimum absolute atomic E-state index is 0.0574. The van der Waals surface area contributed by atoms with Gasteiger partial charge in [0.15, 0.2) is 0 Å². The molecule has 0 radical (unpaired) electrons. The fraction of sp³-hybridized carbons (Fsp3) is 0.440. The monoisotopic (exact) mass is 441 g/mol. The molecule has 2 atom stereocenters. The molecule has 32 heavy (non-hydrogen) atoms. The van der Waals surface area contributed by atoms with Gasteiger partial charge in [-0.05, 0) is 47.9 Å². The summed E-state index contributed by atoms with van der Waals surface area (Å²) >= 11 is 0. The Morgan fingerprint density at radius 2 is 1.62 bits per heavy atom. The van der Waals surface area contributed by atoms with E-state index in [2.05, 4.69) is 19.2 Å². The summed E-state index contributed by atoms with van der Waals surface area (Å²) in [5.41, 5.74) is 0.785. The van der Waals surface area contributed by atoms with Gasteiger partial charge in [0, 0.05) is 38.0 Å². The smallest absolute Gasteiger partial charge is 0.253 e. The van der Waals surface area contributed by atoms with E-state index in [1.54, 1.807) is 17.0 Å². The fourth-order valence-corrected chi connectivity index (χ4v) is 4.70. The van der Waals surface area contributed by atoms with E-state index < -0.39 is 5.66 Å². The zero-order chi connectivity index (χ0) is 22.9. The van der Waals surface area contributed by atoms with E-state index in [-0.39, 0.29) is 35.4 Å². The van der Waals surface area contributed by atoms with E-state index in [0.29, 0.717) is 38.0 Å². The summed E-state index contributed by atoms with van der Waals surface area (Å²) in [6.07, 6.45) is 2.07. The average molecular weight is 442 g/mol. The van der Waals surface area contributed by atoms with Gasteiger partial charge in [0.05, 0.1) is 11.7 Å². The normalized spacial score (nSPS) is 21.2. The number of halogens is 2. The first-order chi connectivity index (χ1) is 15.3.